The zero-order chi connectivity index (χ0) is 34.3. The normalized spacial score (nSPS) is 31.9. The quantitative estimate of drug-likeness (QED) is 0.339. The number of carbonyl (C=O) groups excluding carboxylic acids is 1. The maximum Gasteiger partial charge on any atom is 0.323 e. The number of aromatic nitrogens is 3. The van der Waals surface area contributed by atoms with Crippen LogP contribution in [0.1, 0.15) is 37.7 Å². The maximum absolute atomic E-state index is 15.0. The molecule has 8 heterocycles. The summed E-state index contributed by atoms with van der Waals surface area (Å²) in [6.45, 7) is 3.17. The molecule has 11 nitrogen and oxygen atoms in total. The third kappa shape index (κ3) is 5.44. The van der Waals surface area contributed by atoms with Crippen LogP contribution in [0.4, 0.5) is 45.6 Å². The molecular formula is C35H38F4N8O3. The number of anilines is 4. The van der Waals surface area contributed by atoms with Crippen molar-refractivity contribution in [2.45, 2.75) is 73.5 Å². The first-order valence-corrected chi connectivity index (χ1v) is 17.3. The fourth-order valence-corrected chi connectivity index (χ4v) is 8.81. The number of hydrogen-bond donors (Lipinski definition) is 2. The Balaban J connectivity index is 0.951. The van der Waals surface area contributed by atoms with Crippen molar-refractivity contribution >= 4 is 29.3 Å². The number of rotatable bonds is 6. The van der Waals surface area contributed by atoms with E-state index in [4.69, 9.17) is 9.47 Å². The van der Waals surface area contributed by atoms with Gasteiger partial charge in [0.2, 0.25) is 11.9 Å². The number of benzene rings is 2. The highest BCUT2D eigenvalue weighted by Gasteiger charge is 2.59. The van der Waals surface area contributed by atoms with Gasteiger partial charge in [-0.05, 0) is 86.3 Å². The molecule has 6 bridgehead atoms. The van der Waals surface area contributed by atoms with Gasteiger partial charge in [0.15, 0.2) is 5.82 Å². The minimum absolute atomic E-state index is 0.00386. The SMILES string of the molecule is O=C(Nc1ccc(-c2nc(N3C4COCC3C(F)(F)C4)nc(N3C4COCC3C(F)(F)C4)n2)cc1)Nc1ccc(C23CCN(CC2)CC3)cc1. The van der Waals surface area contributed by atoms with Gasteiger partial charge in [-0.1, -0.05) is 12.1 Å². The van der Waals surface area contributed by atoms with Crippen molar-refractivity contribution in [1.82, 2.24) is 19.9 Å². The number of fused-ring (bicyclic) bond motifs is 7. The first kappa shape index (κ1) is 31.9. The molecule has 2 amide bonds. The summed E-state index contributed by atoms with van der Waals surface area (Å²) in [6.07, 6.45) is 2.66. The highest BCUT2D eigenvalue weighted by atomic mass is 19.3. The Bertz CT molecular complexity index is 1700. The summed E-state index contributed by atoms with van der Waals surface area (Å²) < 4.78 is 70.9. The fourth-order valence-electron chi connectivity index (χ4n) is 8.81. The van der Waals surface area contributed by atoms with Crippen LogP contribution in [0, 0.1) is 0 Å². The van der Waals surface area contributed by atoms with Gasteiger partial charge in [-0.25, -0.2) is 22.4 Å². The van der Waals surface area contributed by atoms with Gasteiger partial charge in [0.1, 0.15) is 12.1 Å². The second kappa shape index (κ2) is 11.7. The Labute approximate surface area is 286 Å². The lowest BCUT2D eigenvalue weighted by molar-refractivity contribution is -0.0248. The number of nitrogens with zero attached hydrogens (tertiary/aromatic N) is 6. The van der Waals surface area contributed by atoms with Gasteiger partial charge in [0.25, 0.3) is 11.8 Å². The number of nitrogens with one attached hydrogen (secondary N) is 2. The maximum atomic E-state index is 15.0. The third-order valence-electron chi connectivity index (χ3n) is 11.6. The van der Waals surface area contributed by atoms with Crippen LogP contribution in [-0.2, 0) is 14.9 Å². The predicted molar refractivity (Wildman–Crippen MR) is 177 cm³/mol. The molecule has 264 valence electrons. The molecule has 0 spiro atoms. The van der Waals surface area contributed by atoms with Crippen molar-refractivity contribution in [3.05, 3.63) is 54.1 Å². The summed E-state index contributed by atoms with van der Waals surface area (Å²) in [5, 5.41) is 5.73. The van der Waals surface area contributed by atoms with Gasteiger partial charge in [-0.3, -0.25) is 0 Å². The highest BCUT2D eigenvalue weighted by molar-refractivity contribution is 5.99. The number of ether oxygens (including phenoxy) is 2. The fraction of sp³-hybridized carbons (Fsp3) is 0.543. The zero-order valence-corrected chi connectivity index (χ0v) is 27.3. The van der Waals surface area contributed by atoms with Gasteiger partial charge >= 0.3 is 6.03 Å². The van der Waals surface area contributed by atoms with Crippen LogP contribution in [-0.4, -0.2) is 108 Å². The van der Waals surface area contributed by atoms with Crippen molar-refractivity contribution in [3.63, 3.8) is 0 Å². The van der Waals surface area contributed by atoms with Crippen LogP contribution in [0.5, 0.6) is 0 Å². The largest absolute Gasteiger partial charge is 0.377 e. The summed E-state index contributed by atoms with van der Waals surface area (Å²) >= 11 is 0. The van der Waals surface area contributed by atoms with Crippen molar-refractivity contribution in [3.8, 4) is 11.4 Å². The highest BCUT2D eigenvalue weighted by Crippen LogP contribution is 2.46. The summed E-state index contributed by atoms with van der Waals surface area (Å²) in [4.78, 5) is 32.1. The molecule has 50 heavy (non-hydrogen) atoms. The molecule has 10 rings (SSSR count). The lowest BCUT2D eigenvalue weighted by atomic mass is 9.67. The topological polar surface area (TPSA) is 108 Å². The molecule has 7 fully saturated rings. The van der Waals surface area contributed by atoms with Gasteiger partial charge < -0.3 is 34.8 Å². The van der Waals surface area contributed by atoms with Crippen LogP contribution < -0.4 is 20.4 Å². The number of amides is 2. The molecule has 2 N–H and O–H groups in total. The molecule has 0 radical (unpaired) electrons. The van der Waals surface area contributed by atoms with Crippen molar-refractivity contribution in [2.24, 2.45) is 0 Å². The van der Waals surface area contributed by atoms with E-state index >= 15 is 17.6 Å². The number of hydrogen-bond acceptors (Lipinski definition) is 9. The molecule has 0 saturated carbocycles. The number of alkyl halides is 4. The molecule has 0 aliphatic carbocycles. The smallest absolute Gasteiger partial charge is 0.323 e. The molecule has 2 aromatic carbocycles. The molecule has 4 atom stereocenters. The number of carbonyl (C=O) groups is 1. The Morgan fingerprint density at radius 2 is 1.16 bits per heavy atom. The second-order valence-corrected chi connectivity index (χ2v) is 14.5. The van der Waals surface area contributed by atoms with E-state index < -0.39 is 54.9 Å². The predicted octanol–water partition coefficient (Wildman–Crippen LogP) is 5.15. The third-order valence-corrected chi connectivity index (χ3v) is 11.6. The van der Waals surface area contributed by atoms with E-state index in [0.29, 0.717) is 16.9 Å². The number of urea groups is 1. The molecule has 15 heteroatoms. The van der Waals surface area contributed by atoms with Gasteiger partial charge in [0, 0.05) is 29.8 Å². The van der Waals surface area contributed by atoms with Gasteiger partial charge in [0.05, 0.1) is 38.5 Å². The number of halogens is 4. The van der Waals surface area contributed by atoms with E-state index in [0.717, 1.165) is 38.9 Å². The average molecular weight is 695 g/mol. The monoisotopic (exact) mass is 694 g/mol. The van der Waals surface area contributed by atoms with E-state index in [-0.39, 0.29) is 49.6 Å². The molecule has 7 aliphatic heterocycles. The first-order valence-electron chi connectivity index (χ1n) is 17.3. The van der Waals surface area contributed by atoms with Gasteiger partial charge in [-0.15, -0.1) is 0 Å². The van der Waals surface area contributed by atoms with Crippen LogP contribution >= 0.6 is 0 Å². The standard InChI is InChI=1S/C35H38F4N8O3/c36-34(37)15-25-17-49-19-27(34)46(25)30-42-29(43-31(44-30)47-26-16-35(38,39)28(47)20-50-18-26)21-1-5-23(6-2-21)40-32(48)41-24-7-3-22(4-8-24)33-9-12-45(13-10-33)14-11-33/h1-8,25-28H,9-20H2,(H2,40,41,48). The second-order valence-electron chi connectivity index (χ2n) is 14.5. The minimum Gasteiger partial charge on any atom is -0.377 e. The minimum atomic E-state index is -3.03. The Morgan fingerprint density at radius 3 is 1.64 bits per heavy atom. The zero-order valence-electron chi connectivity index (χ0n) is 27.3. The first-order chi connectivity index (χ1) is 24.1. The van der Waals surface area contributed by atoms with Crippen molar-refractivity contribution in [2.75, 3.05) is 66.5 Å². The lowest BCUT2D eigenvalue weighted by Gasteiger charge is -2.48. The van der Waals surface area contributed by atoms with E-state index in [9.17, 15) is 4.79 Å². The van der Waals surface area contributed by atoms with Crippen LogP contribution in [0.15, 0.2) is 48.5 Å². The van der Waals surface area contributed by atoms with E-state index in [1.807, 2.05) is 12.1 Å². The summed E-state index contributed by atoms with van der Waals surface area (Å²) in [7, 11) is 0. The van der Waals surface area contributed by atoms with Crippen LogP contribution in [0.2, 0.25) is 0 Å². The van der Waals surface area contributed by atoms with Gasteiger partial charge in [-0.2, -0.15) is 15.0 Å². The Kier molecular flexibility index (Phi) is 7.48. The van der Waals surface area contributed by atoms with Crippen LogP contribution in [0.25, 0.3) is 11.4 Å². The van der Waals surface area contributed by atoms with E-state index in [1.54, 1.807) is 24.3 Å². The van der Waals surface area contributed by atoms with Crippen molar-refractivity contribution < 1.29 is 31.8 Å². The Morgan fingerprint density at radius 1 is 0.680 bits per heavy atom. The number of morpholine rings is 2. The number of piperidine rings is 3. The average Bonchev–Trinajstić information content (AvgIpc) is 3.37. The molecule has 7 aliphatic rings. The van der Waals surface area contributed by atoms with Crippen LogP contribution in [0.3, 0.4) is 0 Å². The summed E-state index contributed by atoms with van der Waals surface area (Å²) in [5.41, 5.74) is 3.25. The molecular weight excluding hydrogens is 656 g/mol. The van der Waals surface area contributed by atoms with E-state index in [2.05, 4.69) is 42.6 Å². The summed E-state index contributed by atoms with van der Waals surface area (Å²) in [5.74, 6) is -5.91. The van der Waals surface area contributed by atoms with Crippen molar-refractivity contribution in [1.29, 1.82) is 0 Å². The molecule has 1 aromatic heterocycles. The lowest BCUT2D eigenvalue weighted by Crippen LogP contribution is -2.52. The summed E-state index contributed by atoms with van der Waals surface area (Å²) in [6, 6.07) is 10.5. The molecule has 7 saturated heterocycles. The molecule has 4 unspecified atom stereocenters. The van der Waals surface area contributed by atoms with E-state index in [1.165, 1.54) is 15.4 Å². The molecule has 3 aromatic rings. The Hall–Kier alpha value is -4.08.